The van der Waals surface area contributed by atoms with E-state index in [4.69, 9.17) is 9.72 Å². The minimum atomic E-state index is 0.184. The van der Waals surface area contributed by atoms with Crippen molar-refractivity contribution >= 4 is 28.6 Å². The van der Waals surface area contributed by atoms with E-state index in [-0.39, 0.29) is 5.91 Å². The largest absolute Gasteiger partial charge is 0.497 e. The van der Waals surface area contributed by atoms with E-state index in [1.807, 2.05) is 35.2 Å². The number of fused-ring (bicyclic) bond motifs is 2. The first-order chi connectivity index (χ1) is 15.2. The van der Waals surface area contributed by atoms with Gasteiger partial charge in [-0.3, -0.25) is 9.69 Å². The highest BCUT2D eigenvalue weighted by Crippen LogP contribution is 2.30. The second-order valence-electron chi connectivity index (χ2n) is 8.34. The van der Waals surface area contributed by atoms with Crippen molar-refractivity contribution in [3.05, 3.63) is 48.0 Å². The van der Waals surface area contributed by atoms with Gasteiger partial charge in [0, 0.05) is 38.4 Å². The number of aromatic amines is 1. The molecule has 1 saturated heterocycles. The molecule has 1 fully saturated rings. The molecule has 5 rings (SSSR count). The smallest absolute Gasteiger partial charge is 0.241 e. The maximum absolute atomic E-state index is 13.2. The fraction of sp³-hybridized carbons (Fsp3) is 0.417. The van der Waals surface area contributed by atoms with Crippen molar-refractivity contribution < 1.29 is 9.53 Å². The number of benzene rings is 2. The number of nitrogens with one attached hydrogen (secondary N) is 1. The number of imidazole rings is 1. The normalized spacial score (nSPS) is 17.5. The number of anilines is 2. The average Bonchev–Trinajstić information content (AvgIpc) is 3.10. The zero-order valence-corrected chi connectivity index (χ0v) is 18.0. The van der Waals surface area contributed by atoms with Gasteiger partial charge in [0.15, 0.2) is 0 Å². The lowest BCUT2D eigenvalue weighted by Gasteiger charge is -2.31. The van der Waals surface area contributed by atoms with Crippen LogP contribution in [0.15, 0.2) is 42.5 Å². The van der Waals surface area contributed by atoms with Gasteiger partial charge < -0.3 is 19.5 Å². The Kier molecular flexibility index (Phi) is 5.51. The molecule has 1 aromatic heterocycles. The van der Waals surface area contributed by atoms with Crippen LogP contribution in [-0.4, -0.2) is 67.2 Å². The zero-order valence-electron chi connectivity index (χ0n) is 18.0. The average molecular weight is 420 g/mol. The van der Waals surface area contributed by atoms with Crippen LogP contribution >= 0.6 is 0 Å². The molecule has 0 saturated carbocycles. The first-order valence-corrected chi connectivity index (χ1v) is 11.1. The molecule has 0 unspecified atom stereocenters. The number of hydrogen-bond acceptors (Lipinski definition) is 5. The quantitative estimate of drug-likeness (QED) is 0.704. The summed E-state index contributed by atoms with van der Waals surface area (Å²) < 4.78 is 5.35. The number of rotatable bonds is 4. The van der Waals surface area contributed by atoms with Gasteiger partial charge in [0.05, 0.1) is 24.7 Å². The molecule has 2 aliphatic rings. The number of amides is 1. The highest BCUT2D eigenvalue weighted by atomic mass is 16.5. The summed E-state index contributed by atoms with van der Waals surface area (Å²) in [6, 6.07) is 14.2. The molecular weight excluding hydrogens is 390 g/mol. The molecule has 1 N–H and O–H groups in total. The molecular formula is C24H29N5O2. The van der Waals surface area contributed by atoms with Crippen LogP contribution in [0.1, 0.15) is 18.4 Å². The van der Waals surface area contributed by atoms with Crippen molar-refractivity contribution in [2.24, 2.45) is 0 Å². The van der Waals surface area contributed by atoms with Crippen LogP contribution < -0.4 is 14.5 Å². The number of carbonyl (C=O) groups excluding carboxylic acids is 1. The molecule has 0 bridgehead atoms. The Labute approximate surface area is 182 Å². The number of carbonyl (C=O) groups is 1. The van der Waals surface area contributed by atoms with E-state index < -0.39 is 0 Å². The molecule has 2 aromatic carbocycles. The molecule has 0 atom stereocenters. The summed E-state index contributed by atoms with van der Waals surface area (Å²) >= 11 is 0. The molecule has 162 valence electrons. The highest BCUT2D eigenvalue weighted by molar-refractivity contribution is 5.96. The van der Waals surface area contributed by atoms with Gasteiger partial charge in [-0.05, 0) is 55.2 Å². The zero-order chi connectivity index (χ0) is 21.2. The van der Waals surface area contributed by atoms with Gasteiger partial charge in [-0.1, -0.05) is 12.1 Å². The summed E-state index contributed by atoms with van der Waals surface area (Å²) in [5, 5.41) is 0. The first kappa shape index (κ1) is 19.9. The maximum Gasteiger partial charge on any atom is 0.241 e. The van der Waals surface area contributed by atoms with Gasteiger partial charge in [-0.15, -0.1) is 0 Å². The first-order valence-electron chi connectivity index (χ1n) is 11.1. The monoisotopic (exact) mass is 419 g/mol. The van der Waals surface area contributed by atoms with E-state index in [1.54, 1.807) is 7.11 Å². The summed E-state index contributed by atoms with van der Waals surface area (Å²) in [6.45, 7) is 4.83. The van der Waals surface area contributed by atoms with E-state index in [0.29, 0.717) is 6.54 Å². The van der Waals surface area contributed by atoms with Gasteiger partial charge in [0.25, 0.3) is 0 Å². The SMILES string of the molecule is COc1ccc2c(c1)CCCN2C(=O)CN1CCCN(c2nc3ccccc3[nH]2)CC1. The number of para-hydroxylation sites is 2. The predicted molar refractivity (Wildman–Crippen MR) is 123 cm³/mol. The van der Waals surface area contributed by atoms with E-state index in [0.717, 1.165) is 80.4 Å². The van der Waals surface area contributed by atoms with Crippen molar-refractivity contribution in [2.75, 3.05) is 56.2 Å². The molecule has 1 amide bonds. The fourth-order valence-corrected chi connectivity index (χ4v) is 4.67. The van der Waals surface area contributed by atoms with E-state index in [2.05, 4.69) is 26.9 Å². The Morgan fingerprint density at radius 3 is 2.84 bits per heavy atom. The predicted octanol–water partition coefficient (Wildman–Crippen LogP) is 3.06. The second-order valence-corrected chi connectivity index (χ2v) is 8.34. The number of aryl methyl sites for hydroxylation is 1. The standard InChI is InChI=1S/C24H29N5O2/c1-31-19-9-10-22-18(16-19)6-4-13-29(22)23(30)17-27-11-5-12-28(15-14-27)24-25-20-7-2-3-8-21(20)26-24/h2-3,7-10,16H,4-6,11-15,17H2,1H3,(H,25,26). The third kappa shape index (κ3) is 4.10. The Hall–Kier alpha value is -3.06. The minimum Gasteiger partial charge on any atom is -0.497 e. The molecule has 0 radical (unpaired) electrons. The van der Waals surface area contributed by atoms with Crippen molar-refractivity contribution in [3.63, 3.8) is 0 Å². The third-order valence-corrected chi connectivity index (χ3v) is 6.33. The van der Waals surface area contributed by atoms with Gasteiger partial charge in [0.1, 0.15) is 5.75 Å². The summed E-state index contributed by atoms with van der Waals surface area (Å²) in [6.07, 6.45) is 3.00. The van der Waals surface area contributed by atoms with Gasteiger partial charge in [-0.25, -0.2) is 4.98 Å². The number of H-pyrrole nitrogens is 1. The molecule has 0 spiro atoms. The molecule has 3 heterocycles. The maximum atomic E-state index is 13.2. The van der Waals surface area contributed by atoms with E-state index >= 15 is 0 Å². The van der Waals surface area contributed by atoms with Crippen LogP contribution in [0.5, 0.6) is 5.75 Å². The fourth-order valence-electron chi connectivity index (χ4n) is 4.67. The Bertz CT molecular complexity index is 1050. The number of ether oxygens (including phenoxy) is 1. The summed E-state index contributed by atoms with van der Waals surface area (Å²) in [5.74, 6) is 1.96. The molecule has 0 aliphatic carbocycles. The van der Waals surface area contributed by atoms with Gasteiger partial charge in [-0.2, -0.15) is 0 Å². The summed E-state index contributed by atoms with van der Waals surface area (Å²) in [4.78, 5) is 27.9. The van der Waals surface area contributed by atoms with Gasteiger partial charge >= 0.3 is 0 Å². The van der Waals surface area contributed by atoms with E-state index in [9.17, 15) is 4.79 Å². The van der Waals surface area contributed by atoms with Crippen LogP contribution in [0.25, 0.3) is 11.0 Å². The van der Waals surface area contributed by atoms with Crippen molar-refractivity contribution in [3.8, 4) is 5.75 Å². The molecule has 2 aliphatic heterocycles. The molecule has 7 heteroatoms. The Balaban J connectivity index is 1.24. The van der Waals surface area contributed by atoms with Crippen molar-refractivity contribution in [2.45, 2.75) is 19.3 Å². The van der Waals surface area contributed by atoms with Crippen LogP contribution in [0.4, 0.5) is 11.6 Å². The number of aromatic nitrogens is 2. The highest BCUT2D eigenvalue weighted by Gasteiger charge is 2.26. The van der Waals surface area contributed by atoms with Crippen molar-refractivity contribution in [1.29, 1.82) is 0 Å². The van der Waals surface area contributed by atoms with E-state index in [1.165, 1.54) is 5.56 Å². The third-order valence-electron chi connectivity index (χ3n) is 6.33. The lowest BCUT2D eigenvalue weighted by Crippen LogP contribution is -2.43. The molecule has 3 aromatic rings. The lowest BCUT2D eigenvalue weighted by atomic mass is 10.0. The van der Waals surface area contributed by atoms with Crippen LogP contribution in [0.3, 0.4) is 0 Å². The van der Waals surface area contributed by atoms with Crippen LogP contribution in [0, 0.1) is 0 Å². The van der Waals surface area contributed by atoms with Gasteiger partial charge in [0.2, 0.25) is 11.9 Å². The Morgan fingerprint density at radius 2 is 1.97 bits per heavy atom. The summed E-state index contributed by atoms with van der Waals surface area (Å²) in [5.41, 5.74) is 4.30. The summed E-state index contributed by atoms with van der Waals surface area (Å²) in [7, 11) is 1.68. The lowest BCUT2D eigenvalue weighted by molar-refractivity contribution is -0.119. The number of methoxy groups -OCH3 is 1. The van der Waals surface area contributed by atoms with Crippen LogP contribution in [0.2, 0.25) is 0 Å². The minimum absolute atomic E-state index is 0.184. The van der Waals surface area contributed by atoms with Crippen molar-refractivity contribution in [1.82, 2.24) is 14.9 Å². The molecule has 7 nitrogen and oxygen atoms in total. The number of nitrogens with zero attached hydrogens (tertiary/aromatic N) is 4. The topological polar surface area (TPSA) is 64.7 Å². The Morgan fingerprint density at radius 1 is 1.06 bits per heavy atom. The van der Waals surface area contributed by atoms with Crippen LogP contribution in [-0.2, 0) is 11.2 Å². The molecule has 31 heavy (non-hydrogen) atoms. The second kappa shape index (κ2) is 8.59. The number of hydrogen-bond donors (Lipinski definition) is 1.